The summed E-state index contributed by atoms with van der Waals surface area (Å²) in [6.07, 6.45) is 12.5. The number of hydrogen-bond donors (Lipinski definition) is 1. The van der Waals surface area contributed by atoms with Crippen molar-refractivity contribution in [1.82, 2.24) is 0 Å². The Hall–Kier alpha value is -0.410. The molecular weight excluding hydrogens is 310 g/mol. The third-order valence-corrected chi connectivity index (χ3v) is 9.62. The zero-order valence-electron chi connectivity index (χ0n) is 16.1. The third kappa shape index (κ3) is 2.15. The highest BCUT2D eigenvalue weighted by Crippen LogP contribution is 2.69. The first-order chi connectivity index (χ1) is 12.0. The first-order valence-electron chi connectivity index (χ1n) is 10.8. The molecule has 5 aliphatic rings. The Kier molecular flexibility index (Phi) is 3.71. The van der Waals surface area contributed by atoms with E-state index in [-0.39, 0.29) is 11.2 Å². The van der Waals surface area contributed by atoms with Gasteiger partial charge < -0.3 is 14.9 Å². The quantitative estimate of drug-likeness (QED) is 0.657. The molecule has 0 radical (unpaired) electrons. The molecule has 140 valence electrons. The third-order valence-electron chi connectivity index (χ3n) is 9.62. The average Bonchev–Trinajstić information content (AvgIpc) is 3.15. The van der Waals surface area contributed by atoms with Crippen LogP contribution in [0.3, 0.4) is 0 Å². The van der Waals surface area contributed by atoms with Crippen LogP contribution in [0.5, 0.6) is 0 Å². The Morgan fingerprint density at radius 2 is 1.60 bits per heavy atom. The van der Waals surface area contributed by atoms with Crippen LogP contribution in [0.1, 0.15) is 78.1 Å². The van der Waals surface area contributed by atoms with E-state index >= 15 is 0 Å². The van der Waals surface area contributed by atoms with Crippen molar-refractivity contribution in [3.8, 4) is 0 Å². The molecule has 0 bridgehead atoms. The molecule has 3 nitrogen and oxygen atoms in total. The lowest BCUT2D eigenvalue weighted by Crippen LogP contribution is -2.55. The van der Waals surface area contributed by atoms with Crippen LogP contribution in [0.25, 0.3) is 0 Å². The minimum absolute atomic E-state index is 0.227. The smallest absolute Gasteiger partial charge is 0.174 e. The zero-order valence-corrected chi connectivity index (χ0v) is 16.1. The molecule has 1 spiro atoms. The van der Waals surface area contributed by atoms with Gasteiger partial charge in [0.15, 0.2) is 5.79 Å². The Labute approximate surface area is 152 Å². The van der Waals surface area contributed by atoms with Gasteiger partial charge in [0.25, 0.3) is 0 Å². The fourth-order valence-electron chi connectivity index (χ4n) is 8.18. The Morgan fingerprint density at radius 1 is 0.840 bits per heavy atom. The van der Waals surface area contributed by atoms with E-state index in [1.54, 1.807) is 0 Å². The molecule has 3 heteroatoms. The van der Waals surface area contributed by atoms with E-state index in [1.807, 2.05) is 0 Å². The normalized spacial score (nSPS) is 51.7. The number of hydrogen-bond acceptors (Lipinski definition) is 3. The molecule has 1 N–H and O–H groups in total. The maximum Gasteiger partial charge on any atom is 0.174 e. The van der Waals surface area contributed by atoms with Crippen molar-refractivity contribution in [2.75, 3.05) is 13.2 Å². The fourth-order valence-corrected chi connectivity index (χ4v) is 8.18. The van der Waals surface area contributed by atoms with Crippen molar-refractivity contribution in [1.29, 1.82) is 5.41 Å². The van der Waals surface area contributed by atoms with Gasteiger partial charge in [-0.1, -0.05) is 13.8 Å². The van der Waals surface area contributed by atoms with E-state index in [4.69, 9.17) is 14.9 Å². The molecule has 0 aromatic heterocycles. The van der Waals surface area contributed by atoms with E-state index in [1.165, 1.54) is 44.9 Å². The average molecular weight is 346 g/mol. The van der Waals surface area contributed by atoms with Crippen LogP contribution in [0.4, 0.5) is 0 Å². The van der Waals surface area contributed by atoms with Gasteiger partial charge in [-0.15, -0.1) is 0 Å². The lowest BCUT2D eigenvalue weighted by Gasteiger charge is -2.59. The van der Waals surface area contributed by atoms with Crippen LogP contribution in [-0.2, 0) is 9.47 Å². The van der Waals surface area contributed by atoms with Crippen molar-refractivity contribution in [3.63, 3.8) is 0 Å². The Balaban J connectivity index is 1.46. The van der Waals surface area contributed by atoms with Crippen molar-refractivity contribution >= 4 is 5.71 Å². The van der Waals surface area contributed by atoms with Gasteiger partial charge in [-0.3, -0.25) is 0 Å². The number of ether oxygens (including phenoxy) is 2. The standard InChI is InChI=1S/C22H35NO2/c1-20-10-7-16(23)5-3-15(20)4-6-17-18(20)8-11-21(2)19(17)9-12-22(21)24-13-14-25-22/h15,17-19,23H,3-14H2,1-2H3/t15-,17-,18?,19+,20+,21+/m1/s1. The first-order valence-corrected chi connectivity index (χ1v) is 10.8. The fraction of sp³-hybridized carbons (Fsp3) is 0.955. The summed E-state index contributed by atoms with van der Waals surface area (Å²) >= 11 is 0. The minimum Gasteiger partial charge on any atom is -0.347 e. The van der Waals surface area contributed by atoms with Gasteiger partial charge >= 0.3 is 0 Å². The lowest BCUT2D eigenvalue weighted by molar-refractivity contribution is -0.246. The molecule has 6 atom stereocenters. The van der Waals surface area contributed by atoms with Gasteiger partial charge in [0.05, 0.1) is 13.2 Å². The molecule has 25 heavy (non-hydrogen) atoms. The summed E-state index contributed by atoms with van der Waals surface area (Å²) in [5.74, 6) is 3.11. The van der Waals surface area contributed by atoms with Gasteiger partial charge in [-0.25, -0.2) is 0 Å². The van der Waals surface area contributed by atoms with Crippen molar-refractivity contribution in [3.05, 3.63) is 0 Å². The number of nitrogens with one attached hydrogen (secondary N) is 1. The van der Waals surface area contributed by atoms with Crippen molar-refractivity contribution < 1.29 is 9.47 Å². The van der Waals surface area contributed by atoms with E-state index in [9.17, 15) is 0 Å². The molecule has 1 saturated heterocycles. The summed E-state index contributed by atoms with van der Waals surface area (Å²) in [5.41, 5.74) is 1.71. The second kappa shape index (κ2) is 5.55. The maximum absolute atomic E-state index is 8.22. The second-order valence-electron chi connectivity index (χ2n) is 10.2. The summed E-state index contributed by atoms with van der Waals surface area (Å²) in [6, 6.07) is 0. The number of rotatable bonds is 0. The van der Waals surface area contributed by atoms with Crippen LogP contribution < -0.4 is 0 Å². The molecule has 0 aromatic rings. The topological polar surface area (TPSA) is 42.3 Å². The highest BCUT2D eigenvalue weighted by atomic mass is 16.7. The lowest BCUT2D eigenvalue weighted by atomic mass is 9.46. The SMILES string of the molecule is C[C@]12CCC3[C@@H](CC[C@H]4CCC(=N)CC[C@]34C)[C@@H]1CCC21OCCO1. The van der Waals surface area contributed by atoms with Crippen LogP contribution in [0, 0.1) is 39.9 Å². The minimum atomic E-state index is -0.258. The molecule has 1 heterocycles. The van der Waals surface area contributed by atoms with Crippen LogP contribution >= 0.6 is 0 Å². The molecule has 5 fully saturated rings. The van der Waals surface area contributed by atoms with E-state index in [0.29, 0.717) is 5.41 Å². The second-order valence-corrected chi connectivity index (χ2v) is 10.2. The predicted molar refractivity (Wildman–Crippen MR) is 98.7 cm³/mol. The van der Waals surface area contributed by atoms with E-state index in [0.717, 1.165) is 61.9 Å². The summed E-state index contributed by atoms with van der Waals surface area (Å²) in [6.45, 7) is 6.67. The largest absolute Gasteiger partial charge is 0.347 e. The highest BCUT2D eigenvalue weighted by Gasteiger charge is 2.66. The van der Waals surface area contributed by atoms with Crippen LogP contribution in [0.2, 0.25) is 0 Å². The molecule has 0 aromatic carbocycles. The molecular formula is C22H35NO2. The zero-order chi connectivity index (χ0) is 17.3. The van der Waals surface area contributed by atoms with Gasteiger partial charge in [0.1, 0.15) is 0 Å². The monoisotopic (exact) mass is 345 g/mol. The van der Waals surface area contributed by atoms with Gasteiger partial charge in [0.2, 0.25) is 0 Å². The van der Waals surface area contributed by atoms with E-state index in [2.05, 4.69) is 13.8 Å². The Bertz CT molecular complexity index is 568. The summed E-state index contributed by atoms with van der Waals surface area (Å²) in [5, 5.41) is 8.22. The summed E-state index contributed by atoms with van der Waals surface area (Å²) in [4.78, 5) is 0. The van der Waals surface area contributed by atoms with Gasteiger partial charge in [-0.05, 0) is 86.9 Å². The first kappa shape index (κ1) is 16.7. The summed E-state index contributed by atoms with van der Waals surface area (Å²) in [7, 11) is 0. The molecule has 4 saturated carbocycles. The maximum atomic E-state index is 8.22. The van der Waals surface area contributed by atoms with Crippen molar-refractivity contribution in [2.24, 2.45) is 34.5 Å². The molecule has 1 unspecified atom stereocenters. The molecule has 5 rings (SSSR count). The molecule has 1 aliphatic heterocycles. The van der Waals surface area contributed by atoms with Gasteiger partial charge in [0, 0.05) is 17.5 Å². The van der Waals surface area contributed by atoms with Crippen LogP contribution in [-0.4, -0.2) is 24.7 Å². The van der Waals surface area contributed by atoms with Crippen LogP contribution in [0.15, 0.2) is 0 Å². The van der Waals surface area contributed by atoms with Crippen molar-refractivity contribution in [2.45, 2.75) is 83.8 Å². The number of fused-ring (bicyclic) bond motifs is 6. The Morgan fingerprint density at radius 3 is 2.40 bits per heavy atom. The molecule has 4 aliphatic carbocycles. The summed E-state index contributed by atoms with van der Waals surface area (Å²) < 4.78 is 12.5. The van der Waals surface area contributed by atoms with E-state index < -0.39 is 0 Å². The predicted octanol–water partition coefficient (Wildman–Crippen LogP) is 5.18. The highest BCUT2D eigenvalue weighted by molar-refractivity contribution is 5.81. The molecule has 0 amide bonds. The van der Waals surface area contributed by atoms with Gasteiger partial charge in [-0.2, -0.15) is 0 Å².